The summed E-state index contributed by atoms with van der Waals surface area (Å²) in [6.07, 6.45) is 2.48. The summed E-state index contributed by atoms with van der Waals surface area (Å²) in [5.41, 5.74) is 0.196. The molecule has 0 atom stereocenters. The predicted molar refractivity (Wildman–Crippen MR) is 71.7 cm³/mol. The van der Waals surface area contributed by atoms with Crippen LogP contribution in [-0.4, -0.2) is 28.6 Å². The average Bonchev–Trinajstić information content (AvgIpc) is 2.45. The zero-order chi connectivity index (χ0) is 15.2. The Morgan fingerprint density at radius 1 is 1.29 bits per heavy atom. The van der Waals surface area contributed by atoms with Crippen molar-refractivity contribution in [1.29, 1.82) is 0 Å². The third kappa shape index (κ3) is 4.27. The number of carbonyl (C=O) groups excluding carboxylic acids is 1. The number of benzene rings is 1. The van der Waals surface area contributed by atoms with Crippen molar-refractivity contribution in [2.45, 2.75) is 0 Å². The molecule has 0 spiro atoms. The summed E-state index contributed by atoms with van der Waals surface area (Å²) in [6.45, 7) is -0.333. The lowest BCUT2D eigenvalue weighted by molar-refractivity contribution is -0.118. The van der Waals surface area contributed by atoms with Crippen molar-refractivity contribution in [3.63, 3.8) is 0 Å². The minimum Gasteiger partial charge on any atom is -0.484 e. The monoisotopic (exact) mass is 290 g/mol. The van der Waals surface area contributed by atoms with Gasteiger partial charge in [0.1, 0.15) is 11.6 Å². The van der Waals surface area contributed by atoms with E-state index in [0.29, 0.717) is 0 Å². The maximum atomic E-state index is 12.9. The molecule has 0 aliphatic heterocycles. The molecule has 0 aliphatic carbocycles. The Morgan fingerprint density at radius 3 is 2.81 bits per heavy atom. The highest BCUT2D eigenvalue weighted by molar-refractivity contribution is 5.94. The van der Waals surface area contributed by atoms with Gasteiger partial charge >= 0.3 is 5.97 Å². The lowest BCUT2D eigenvalue weighted by Crippen LogP contribution is -2.20. The van der Waals surface area contributed by atoms with E-state index in [1.165, 1.54) is 36.7 Å². The van der Waals surface area contributed by atoms with Crippen molar-refractivity contribution in [2.24, 2.45) is 0 Å². The minimum atomic E-state index is -1.14. The van der Waals surface area contributed by atoms with Gasteiger partial charge in [-0.15, -0.1) is 0 Å². The summed E-state index contributed by atoms with van der Waals surface area (Å²) in [4.78, 5) is 26.1. The highest BCUT2D eigenvalue weighted by atomic mass is 19.1. The molecule has 21 heavy (non-hydrogen) atoms. The van der Waals surface area contributed by atoms with Crippen molar-refractivity contribution in [1.82, 2.24) is 4.98 Å². The molecular weight excluding hydrogens is 279 g/mol. The van der Waals surface area contributed by atoms with Crippen LogP contribution in [0.3, 0.4) is 0 Å². The Hall–Kier alpha value is -2.96. The van der Waals surface area contributed by atoms with Gasteiger partial charge < -0.3 is 15.2 Å². The number of aromatic nitrogens is 1. The van der Waals surface area contributed by atoms with Crippen LogP contribution >= 0.6 is 0 Å². The summed E-state index contributed by atoms with van der Waals surface area (Å²) in [6, 6.07) is 6.66. The van der Waals surface area contributed by atoms with E-state index >= 15 is 0 Å². The first-order chi connectivity index (χ1) is 10.0. The van der Waals surface area contributed by atoms with Crippen molar-refractivity contribution >= 4 is 17.6 Å². The number of aromatic carboxylic acids is 1. The summed E-state index contributed by atoms with van der Waals surface area (Å²) >= 11 is 0. The average molecular weight is 290 g/mol. The highest BCUT2D eigenvalue weighted by Crippen LogP contribution is 2.12. The van der Waals surface area contributed by atoms with Crippen LogP contribution in [0.4, 0.5) is 10.1 Å². The number of nitrogens with one attached hydrogen (secondary N) is 1. The van der Waals surface area contributed by atoms with Crippen LogP contribution in [-0.2, 0) is 4.79 Å². The molecule has 1 heterocycles. The topological polar surface area (TPSA) is 88.5 Å². The van der Waals surface area contributed by atoms with Gasteiger partial charge in [0.05, 0.1) is 17.4 Å². The zero-order valence-corrected chi connectivity index (χ0v) is 10.7. The number of rotatable bonds is 5. The summed E-state index contributed by atoms with van der Waals surface area (Å²) in [5, 5.41) is 11.2. The van der Waals surface area contributed by atoms with E-state index in [9.17, 15) is 14.0 Å². The smallest absolute Gasteiger partial charge is 0.337 e. The first-order valence-corrected chi connectivity index (χ1v) is 5.91. The maximum absolute atomic E-state index is 12.9. The largest absolute Gasteiger partial charge is 0.484 e. The van der Waals surface area contributed by atoms with E-state index in [-0.39, 0.29) is 23.6 Å². The molecule has 2 rings (SSSR count). The summed E-state index contributed by atoms with van der Waals surface area (Å²) in [5.74, 6) is -1.90. The fourth-order valence-electron chi connectivity index (χ4n) is 1.53. The maximum Gasteiger partial charge on any atom is 0.337 e. The van der Waals surface area contributed by atoms with Gasteiger partial charge in [0.2, 0.25) is 0 Å². The molecule has 7 heteroatoms. The normalized spacial score (nSPS) is 9.95. The van der Waals surface area contributed by atoms with Crippen LogP contribution in [0.5, 0.6) is 5.75 Å². The number of carbonyl (C=O) groups is 2. The molecule has 0 bridgehead atoms. The van der Waals surface area contributed by atoms with Gasteiger partial charge in [0, 0.05) is 12.3 Å². The van der Waals surface area contributed by atoms with E-state index in [0.717, 1.165) is 6.07 Å². The molecule has 2 N–H and O–H groups in total. The fraction of sp³-hybridized carbons (Fsp3) is 0.0714. The Labute approximate surface area is 119 Å². The van der Waals surface area contributed by atoms with Crippen LogP contribution < -0.4 is 10.1 Å². The predicted octanol–water partition coefficient (Wildman–Crippen LogP) is 1.94. The molecule has 1 amide bonds. The summed E-state index contributed by atoms with van der Waals surface area (Å²) in [7, 11) is 0. The number of hydrogen-bond acceptors (Lipinski definition) is 4. The molecule has 0 saturated carbocycles. The molecule has 0 fully saturated rings. The van der Waals surface area contributed by atoms with E-state index in [4.69, 9.17) is 9.84 Å². The van der Waals surface area contributed by atoms with Gasteiger partial charge in [-0.1, -0.05) is 6.07 Å². The van der Waals surface area contributed by atoms with Crippen LogP contribution in [0.25, 0.3) is 0 Å². The van der Waals surface area contributed by atoms with Gasteiger partial charge in [-0.3, -0.25) is 9.78 Å². The van der Waals surface area contributed by atoms with Crippen LogP contribution in [0.15, 0.2) is 42.7 Å². The molecule has 6 nitrogen and oxygen atoms in total. The van der Waals surface area contributed by atoms with Gasteiger partial charge in [-0.25, -0.2) is 9.18 Å². The quantitative estimate of drug-likeness (QED) is 0.878. The second-order valence-corrected chi connectivity index (χ2v) is 4.06. The minimum absolute atomic E-state index is 0.0427. The molecular formula is C14H11FN2O4. The second-order valence-electron chi connectivity index (χ2n) is 4.06. The molecule has 0 saturated heterocycles. The Balaban J connectivity index is 1.93. The number of carboxylic acid groups (broad SMARTS) is 1. The molecule has 0 aliphatic rings. The fourth-order valence-corrected chi connectivity index (χ4v) is 1.53. The molecule has 0 unspecified atom stereocenters. The van der Waals surface area contributed by atoms with E-state index in [2.05, 4.69) is 10.3 Å². The Kier molecular flexibility index (Phi) is 4.45. The molecule has 0 radical (unpaired) electrons. The van der Waals surface area contributed by atoms with Crippen LogP contribution in [0.1, 0.15) is 10.4 Å². The standard InChI is InChI=1S/C14H11FN2O4/c15-10-2-1-3-12(5-10)21-8-13(18)17-11-4-9(14(19)20)6-16-7-11/h1-7H,8H2,(H,17,18)(H,19,20). The summed E-state index contributed by atoms with van der Waals surface area (Å²) < 4.78 is 18.0. The zero-order valence-electron chi connectivity index (χ0n) is 10.7. The number of halogens is 1. The number of anilines is 1. The van der Waals surface area contributed by atoms with Crippen molar-refractivity contribution in [3.8, 4) is 5.75 Å². The lowest BCUT2D eigenvalue weighted by atomic mass is 10.2. The highest BCUT2D eigenvalue weighted by Gasteiger charge is 2.08. The van der Waals surface area contributed by atoms with Gasteiger partial charge in [0.25, 0.3) is 5.91 Å². The van der Waals surface area contributed by atoms with Gasteiger partial charge in [0.15, 0.2) is 6.61 Å². The van der Waals surface area contributed by atoms with Crippen LogP contribution in [0.2, 0.25) is 0 Å². The molecule has 2 aromatic rings. The molecule has 1 aromatic heterocycles. The van der Waals surface area contributed by atoms with Crippen molar-refractivity contribution in [3.05, 3.63) is 54.1 Å². The first-order valence-electron chi connectivity index (χ1n) is 5.91. The third-order valence-electron chi connectivity index (χ3n) is 2.43. The number of carboxylic acids is 1. The van der Waals surface area contributed by atoms with E-state index in [1.807, 2.05) is 0 Å². The number of pyridine rings is 1. The number of nitrogens with zero attached hydrogens (tertiary/aromatic N) is 1. The van der Waals surface area contributed by atoms with Crippen molar-refractivity contribution in [2.75, 3.05) is 11.9 Å². The Bertz CT molecular complexity index is 676. The van der Waals surface area contributed by atoms with Gasteiger partial charge in [-0.05, 0) is 18.2 Å². The van der Waals surface area contributed by atoms with Gasteiger partial charge in [-0.2, -0.15) is 0 Å². The SMILES string of the molecule is O=C(COc1cccc(F)c1)Nc1cncc(C(=O)O)c1. The molecule has 1 aromatic carbocycles. The van der Waals surface area contributed by atoms with Crippen molar-refractivity contribution < 1.29 is 23.8 Å². The second kappa shape index (κ2) is 6.47. The molecule has 108 valence electrons. The number of amides is 1. The van der Waals surface area contributed by atoms with Crippen LogP contribution in [0, 0.1) is 5.82 Å². The number of ether oxygens (including phenoxy) is 1. The third-order valence-corrected chi connectivity index (χ3v) is 2.43. The first kappa shape index (κ1) is 14.4. The van der Waals surface area contributed by atoms with E-state index < -0.39 is 17.7 Å². The Morgan fingerprint density at radius 2 is 2.10 bits per heavy atom. The lowest BCUT2D eigenvalue weighted by Gasteiger charge is -2.07. The van der Waals surface area contributed by atoms with E-state index in [1.54, 1.807) is 0 Å². The number of hydrogen-bond donors (Lipinski definition) is 2.